The van der Waals surface area contributed by atoms with E-state index in [9.17, 15) is 10.1 Å². The Balaban J connectivity index is 1.42. The minimum atomic E-state index is -0.483. The van der Waals surface area contributed by atoms with Crippen molar-refractivity contribution in [3.8, 4) is 17.9 Å². The molecule has 0 atom stereocenters. The van der Waals surface area contributed by atoms with Crippen molar-refractivity contribution in [2.45, 2.75) is 25.0 Å². The Morgan fingerprint density at radius 2 is 1.68 bits per heavy atom. The number of fused-ring (bicyclic) bond motifs is 1. The molecule has 3 aliphatic heterocycles. The van der Waals surface area contributed by atoms with E-state index in [0.29, 0.717) is 35.9 Å². The van der Waals surface area contributed by atoms with Gasteiger partial charge >= 0.3 is 0 Å². The first-order valence-electron chi connectivity index (χ1n) is 12.8. The number of amides is 1. The van der Waals surface area contributed by atoms with Gasteiger partial charge in [-0.2, -0.15) is 5.26 Å². The highest BCUT2D eigenvalue weighted by molar-refractivity contribution is 6.17. The van der Waals surface area contributed by atoms with Crippen LogP contribution in [0.4, 0.5) is 17.1 Å². The normalized spacial score (nSPS) is 17.9. The van der Waals surface area contributed by atoms with E-state index in [1.54, 1.807) is 12.1 Å². The summed E-state index contributed by atoms with van der Waals surface area (Å²) in [6, 6.07) is 23.1. The molecule has 3 aliphatic rings. The van der Waals surface area contributed by atoms with E-state index in [-0.39, 0.29) is 12.3 Å². The first kappa shape index (κ1) is 23.9. The quantitative estimate of drug-likeness (QED) is 0.511. The highest BCUT2D eigenvalue weighted by Gasteiger charge is 2.40. The van der Waals surface area contributed by atoms with Gasteiger partial charge in [0.25, 0.3) is 0 Å². The van der Waals surface area contributed by atoms with E-state index in [1.807, 2.05) is 54.6 Å². The van der Waals surface area contributed by atoms with E-state index in [1.165, 1.54) is 0 Å². The summed E-state index contributed by atoms with van der Waals surface area (Å²) in [5, 5.41) is 12.4. The molecule has 3 aromatic carbocycles. The standard InChI is InChI=1S/C31H26N4O3/c32-21-23-7-4-8-24(17-23)26-20-30(36)34-27-18-25(10-9-22-5-2-1-3-6-22)29(19-28(27)33-26)35-13-11-31(12-14-35)37-15-16-38-31/h1-8,17-19H,11-16,20H2,(H,34,36). The zero-order valence-electron chi connectivity index (χ0n) is 20.9. The lowest BCUT2D eigenvalue weighted by Crippen LogP contribution is -2.45. The van der Waals surface area contributed by atoms with Crippen LogP contribution in [-0.2, 0) is 14.3 Å². The molecule has 2 fully saturated rings. The topological polar surface area (TPSA) is 87.0 Å². The number of nitrogens with zero attached hydrogens (tertiary/aromatic N) is 3. The number of anilines is 2. The summed E-state index contributed by atoms with van der Waals surface area (Å²) in [6.07, 6.45) is 1.65. The van der Waals surface area contributed by atoms with Crippen molar-refractivity contribution in [1.29, 1.82) is 5.26 Å². The van der Waals surface area contributed by atoms with Crippen molar-refractivity contribution in [2.24, 2.45) is 4.99 Å². The van der Waals surface area contributed by atoms with Gasteiger partial charge in [0, 0.05) is 31.5 Å². The number of hydrogen-bond acceptors (Lipinski definition) is 6. The second-order valence-electron chi connectivity index (χ2n) is 9.57. The van der Waals surface area contributed by atoms with E-state index in [0.717, 1.165) is 48.3 Å². The molecule has 0 aliphatic carbocycles. The number of nitrogens with one attached hydrogen (secondary N) is 1. The number of carbonyl (C=O) groups is 1. The molecule has 0 radical (unpaired) electrons. The molecule has 7 nitrogen and oxygen atoms in total. The molecule has 3 aromatic rings. The minimum Gasteiger partial charge on any atom is -0.370 e. The van der Waals surface area contributed by atoms with Crippen LogP contribution in [0, 0.1) is 23.2 Å². The molecule has 0 saturated carbocycles. The van der Waals surface area contributed by atoms with Crippen molar-refractivity contribution < 1.29 is 14.3 Å². The van der Waals surface area contributed by atoms with Crippen molar-refractivity contribution >= 4 is 28.7 Å². The maximum absolute atomic E-state index is 12.9. The van der Waals surface area contributed by atoms with Gasteiger partial charge in [0.15, 0.2) is 5.79 Å². The summed E-state index contributed by atoms with van der Waals surface area (Å²) in [6.45, 7) is 2.78. The summed E-state index contributed by atoms with van der Waals surface area (Å²) in [5.74, 6) is 5.97. The van der Waals surface area contributed by atoms with E-state index < -0.39 is 5.79 Å². The van der Waals surface area contributed by atoms with Crippen molar-refractivity contribution in [2.75, 3.05) is 36.5 Å². The highest BCUT2D eigenvalue weighted by atomic mass is 16.7. The fourth-order valence-corrected chi connectivity index (χ4v) is 5.13. The third kappa shape index (κ3) is 4.90. The van der Waals surface area contributed by atoms with Gasteiger partial charge in [-0.25, -0.2) is 0 Å². The average molecular weight is 503 g/mol. The van der Waals surface area contributed by atoms with Gasteiger partial charge in [-0.15, -0.1) is 0 Å². The van der Waals surface area contributed by atoms with Crippen LogP contribution in [0.5, 0.6) is 0 Å². The summed E-state index contributed by atoms with van der Waals surface area (Å²) < 4.78 is 11.9. The van der Waals surface area contributed by atoms with Gasteiger partial charge in [0.1, 0.15) is 0 Å². The number of hydrogen-bond donors (Lipinski definition) is 1. The first-order chi connectivity index (χ1) is 18.6. The molecule has 0 unspecified atom stereocenters. The third-order valence-corrected chi connectivity index (χ3v) is 7.09. The molecular weight excluding hydrogens is 476 g/mol. The van der Waals surface area contributed by atoms with Gasteiger partial charge < -0.3 is 19.7 Å². The first-order valence-corrected chi connectivity index (χ1v) is 12.8. The number of rotatable bonds is 2. The average Bonchev–Trinajstić information content (AvgIpc) is 3.33. The lowest BCUT2D eigenvalue weighted by molar-refractivity contribution is -0.169. The van der Waals surface area contributed by atoms with Gasteiger partial charge in [-0.05, 0) is 42.0 Å². The number of nitriles is 1. The highest BCUT2D eigenvalue weighted by Crippen LogP contribution is 2.39. The van der Waals surface area contributed by atoms with Crippen molar-refractivity contribution in [3.63, 3.8) is 0 Å². The van der Waals surface area contributed by atoms with Crippen LogP contribution < -0.4 is 10.2 Å². The van der Waals surface area contributed by atoms with Crippen LogP contribution >= 0.6 is 0 Å². The Labute approximate surface area is 221 Å². The molecule has 0 aromatic heterocycles. The molecule has 1 N–H and O–H groups in total. The number of piperidine rings is 1. The summed E-state index contributed by atoms with van der Waals surface area (Å²) in [4.78, 5) is 20.1. The van der Waals surface area contributed by atoms with Gasteiger partial charge in [0.2, 0.25) is 5.91 Å². The predicted octanol–water partition coefficient (Wildman–Crippen LogP) is 4.76. The Kier molecular flexibility index (Phi) is 6.39. The zero-order valence-corrected chi connectivity index (χ0v) is 20.9. The Hall–Kier alpha value is -4.43. The molecular formula is C31H26N4O3. The fraction of sp³-hybridized carbons (Fsp3) is 0.258. The van der Waals surface area contributed by atoms with E-state index >= 15 is 0 Å². The Morgan fingerprint density at radius 3 is 2.45 bits per heavy atom. The molecule has 1 amide bonds. The number of carbonyl (C=O) groups excluding carboxylic acids is 1. The monoisotopic (exact) mass is 502 g/mol. The summed E-state index contributed by atoms with van der Waals surface area (Å²) in [7, 11) is 0. The fourth-order valence-electron chi connectivity index (χ4n) is 5.13. The second kappa shape index (κ2) is 10.1. The second-order valence-corrected chi connectivity index (χ2v) is 9.57. The van der Waals surface area contributed by atoms with Crippen molar-refractivity contribution in [3.05, 3.63) is 89.0 Å². The lowest BCUT2D eigenvalue weighted by atomic mass is 10.0. The van der Waals surface area contributed by atoms with Crippen LogP contribution in [0.15, 0.2) is 71.7 Å². The number of benzene rings is 3. The van der Waals surface area contributed by atoms with E-state index in [2.05, 4.69) is 28.1 Å². The molecule has 38 heavy (non-hydrogen) atoms. The van der Waals surface area contributed by atoms with Crippen molar-refractivity contribution in [1.82, 2.24) is 0 Å². The molecule has 6 rings (SSSR count). The largest absolute Gasteiger partial charge is 0.370 e. The van der Waals surface area contributed by atoms with Crippen LogP contribution in [-0.4, -0.2) is 43.7 Å². The third-order valence-electron chi connectivity index (χ3n) is 7.09. The van der Waals surface area contributed by atoms with Gasteiger partial charge in [0.05, 0.1) is 59.6 Å². The molecule has 0 bridgehead atoms. The summed E-state index contributed by atoms with van der Waals surface area (Å²) >= 11 is 0. The van der Waals surface area contributed by atoms with Gasteiger partial charge in [-0.1, -0.05) is 42.2 Å². The van der Waals surface area contributed by atoms with Crippen LogP contribution in [0.1, 0.15) is 41.5 Å². The number of aliphatic imine (C=N–C) groups is 1. The number of ether oxygens (including phenoxy) is 2. The van der Waals surface area contributed by atoms with Crippen LogP contribution in [0.25, 0.3) is 0 Å². The maximum atomic E-state index is 12.9. The molecule has 3 heterocycles. The lowest BCUT2D eigenvalue weighted by Gasteiger charge is -2.39. The minimum absolute atomic E-state index is 0.116. The van der Waals surface area contributed by atoms with Gasteiger partial charge in [-0.3, -0.25) is 9.79 Å². The van der Waals surface area contributed by atoms with Crippen LogP contribution in [0.2, 0.25) is 0 Å². The SMILES string of the molecule is N#Cc1cccc(C2=Nc3cc(N4CCC5(CC4)OCCO5)c(C#Cc4ccccc4)cc3NC(=O)C2)c1. The molecule has 1 spiro atoms. The van der Waals surface area contributed by atoms with E-state index in [4.69, 9.17) is 14.5 Å². The molecule has 188 valence electrons. The molecule has 7 heteroatoms. The molecule has 2 saturated heterocycles. The smallest absolute Gasteiger partial charge is 0.230 e. The summed E-state index contributed by atoms with van der Waals surface area (Å²) in [5.41, 5.74) is 5.91. The zero-order chi connectivity index (χ0) is 26.0. The predicted molar refractivity (Wildman–Crippen MR) is 146 cm³/mol. The maximum Gasteiger partial charge on any atom is 0.230 e. The Bertz CT molecular complexity index is 1510. The van der Waals surface area contributed by atoms with Crippen LogP contribution in [0.3, 0.4) is 0 Å². The Morgan fingerprint density at radius 1 is 0.921 bits per heavy atom.